The van der Waals surface area contributed by atoms with Crippen LogP contribution in [0.4, 0.5) is 0 Å². The van der Waals surface area contributed by atoms with Gasteiger partial charge in [0.1, 0.15) is 5.82 Å². The van der Waals surface area contributed by atoms with E-state index in [1.807, 2.05) is 6.20 Å². The van der Waals surface area contributed by atoms with Crippen molar-refractivity contribution in [3.63, 3.8) is 0 Å². The van der Waals surface area contributed by atoms with Crippen molar-refractivity contribution in [3.8, 4) is 0 Å². The van der Waals surface area contributed by atoms with Gasteiger partial charge in [-0.15, -0.1) is 0 Å². The van der Waals surface area contributed by atoms with Crippen LogP contribution in [0.15, 0.2) is 12.4 Å². The first-order valence-electron chi connectivity index (χ1n) is 7.20. The third kappa shape index (κ3) is 2.46. The summed E-state index contributed by atoms with van der Waals surface area (Å²) in [5.41, 5.74) is 6.76. The van der Waals surface area contributed by atoms with Crippen LogP contribution in [-0.2, 0) is 0 Å². The average Bonchev–Trinajstić information content (AvgIpc) is 2.76. The highest BCUT2D eigenvalue weighted by atomic mass is 15.1. The van der Waals surface area contributed by atoms with E-state index >= 15 is 0 Å². The molecule has 0 saturated heterocycles. The Morgan fingerprint density at radius 2 is 2.17 bits per heavy atom. The lowest BCUT2D eigenvalue weighted by atomic mass is 9.67. The third-order valence-corrected chi connectivity index (χ3v) is 5.10. The van der Waals surface area contributed by atoms with E-state index in [0.717, 1.165) is 18.2 Å². The van der Waals surface area contributed by atoms with E-state index in [4.69, 9.17) is 5.73 Å². The first-order chi connectivity index (χ1) is 8.45. The van der Waals surface area contributed by atoms with Gasteiger partial charge in [0.2, 0.25) is 0 Å². The maximum Gasteiger partial charge on any atom is 0.105 e. The van der Waals surface area contributed by atoms with Gasteiger partial charge in [-0.3, -0.25) is 0 Å². The van der Waals surface area contributed by atoms with Crippen LogP contribution < -0.4 is 5.73 Å². The molecule has 0 aromatic carbocycles. The zero-order chi connectivity index (χ0) is 13.3. The number of imidazole rings is 1. The Kier molecular flexibility index (Phi) is 3.81. The summed E-state index contributed by atoms with van der Waals surface area (Å²) in [5, 5.41) is 0. The highest BCUT2D eigenvalue weighted by molar-refractivity contribution is 4.99. The quantitative estimate of drug-likeness (QED) is 0.893. The zero-order valence-corrected chi connectivity index (χ0v) is 12.2. The van der Waals surface area contributed by atoms with Crippen LogP contribution in [0.3, 0.4) is 0 Å². The fourth-order valence-corrected chi connectivity index (χ4v) is 3.23. The van der Waals surface area contributed by atoms with Crippen LogP contribution in [0, 0.1) is 18.3 Å². The zero-order valence-electron chi connectivity index (χ0n) is 12.2. The molecule has 0 amide bonds. The molecule has 0 spiro atoms. The van der Waals surface area contributed by atoms with Crippen molar-refractivity contribution in [2.75, 3.05) is 0 Å². The van der Waals surface area contributed by atoms with E-state index in [-0.39, 0.29) is 6.04 Å². The van der Waals surface area contributed by atoms with E-state index in [2.05, 4.69) is 43.4 Å². The van der Waals surface area contributed by atoms with Crippen molar-refractivity contribution in [3.05, 3.63) is 18.2 Å². The second-order valence-corrected chi connectivity index (χ2v) is 6.47. The van der Waals surface area contributed by atoms with Crippen LogP contribution in [-0.4, -0.2) is 15.6 Å². The van der Waals surface area contributed by atoms with Gasteiger partial charge in [0.25, 0.3) is 0 Å². The van der Waals surface area contributed by atoms with Gasteiger partial charge in [-0.1, -0.05) is 27.2 Å². The van der Waals surface area contributed by atoms with E-state index in [1.165, 1.54) is 19.3 Å². The molecule has 1 aromatic rings. The highest BCUT2D eigenvalue weighted by Crippen LogP contribution is 2.43. The fraction of sp³-hybridized carbons (Fsp3) is 0.800. The SMILES string of the molecule is CCC(C)(C)C1CCC(N)C(n2ccnc2C)C1. The minimum absolute atomic E-state index is 0.279. The van der Waals surface area contributed by atoms with E-state index in [0.29, 0.717) is 11.5 Å². The van der Waals surface area contributed by atoms with Crippen LogP contribution in [0.1, 0.15) is 58.3 Å². The Balaban J connectivity index is 2.18. The minimum atomic E-state index is 0.279. The Labute approximate surface area is 111 Å². The Bertz CT molecular complexity index is 394. The molecule has 2 rings (SSSR count). The van der Waals surface area contributed by atoms with E-state index in [1.54, 1.807) is 0 Å². The summed E-state index contributed by atoms with van der Waals surface area (Å²) < 4.78 is 2.28. The summed E-state index contributed by atoms with van der Waals surface area (Å²) in [7, 11) is 0. The number of hydrogen-bond acceptors (Lipinski definition) is 2. The number of rotatable bonds is 3. The van der Waals surface area contributed by atoms with E-state index in [9.17, 15) is 0 Å². The van der Waals surface area contributed by atoms with Gasteiger partial charge in [-0.2, -0.15) is 0 Å². The topological polar surface area (TPSA) is 43.8 Å². The van der Waals surface area contributed by atoms with E-state index < -0.39 is 0 Å². The average molecular weight is 249 g/mol. The van der Waals surface area contributed by atoms with Gasteiger partial charge in [-0.25, -0.2) is 4.98 Å². The van der Waals surface area contributed by atoms with Gasteiger partial charge in [0.15, 0.2) is 0 Å². The maximum absolute atomic E-state index is 6.34. The Hall–Kier alpha value is -0.830. The summed E-state index contributed by atoms with van der Waals surface area (Å²) >= 11 is 0. The highest BCUT2D eigenvalue weighted by Gasteiger charge is 2.36. The van der Waals surface area contributed by atoms with Crippen molar-refractivity contribution >= 4 is 0 Å². The number of nitrogens with two attached hydrogens (primary N) is 1. The molecule has 1 aliphatic carbocycles. The van der Waals surface area contributed by atoms with Crippen molar-refractivity contribution in [2.45, 2.75) is 65.5 Å². The first kappa shape index (κ1) is 13.6. The maximum atomic E-state index is 6.34. The lowest BCUT2D eigenvalue weighted by Gasteiger charge is -2.42. The summed E-state index contributed by atoms with van der Waals surface area (Å²) in [6.45, 7) is 9.16. The lowest BCUT2D eigenvalue weighted by Crippen LogP contribution is -2.41. The molecule has 0 aliphatic heterocycles. The molecule has 1 saturated carbocycles. The molecule has 18 heavy (non-hydrogen) atoms. The number of nitrogens with zero attached hydrogens (tertiary/aromatic N) is 2. The Morgan fingerprint density at radius 1 is 1.44 bits per heavy atom. The summed E-state index contributed by atoms with van der Waals surface area (Å²) in [6, 6.07) is 0.707. The van der Waals surface area contributed by atoms with Crippen molar-refractivity contribution < 1.29 is 0 Å². The molecule has 0 radical (unpaired) electrons. The first-order valence-corrected chi connectivity index (χ1v) is 7.20. The van der Waals surface area contributed by atoms with Crippen molar-refractivity contribution in [1.29, 1.82) is 0 Å². The van der Waals surface area contributed by atoms with Gasteiger partial charge < -0.3 is 10.3 Å². The summed E-state index contributed by atoms with van der Waals surface area (Å²) in [6.07, 6.45) is 8.81. The van der Waals surface area contributed by atoms with Crippen LogP contribution in [0.2, 0.25) is 0 Å². The molecular weight excluding hydrogens is 222 g/mol. The molecule has 1 aliphatic rings. The molecule has 3 unspecified atom stereocenters. The molecule has 3 atom stereocenters. The van der Waals surface area contributed by atoms with Crippen LogP contribution in [0.25, 0.3) is 0 Å². The fourth-order valence-electron chi connectivity index (χ4n) is 3.23. The molecule has 3 heteroatoms. The van der Waals surface area contributed by atoms with Crippen LogP contribution >= 0.6 is 0 Å². The lowest BCUT2D eigenvalue weighted by molar-refractivity contribution is 0.110. The molecule has 2 N–H and O–H groups in total. The van der Waals surface area contributed by atoms with Gasteiger partial charge in [0, 0.05) is 18.4 Å². The second-order valence-electron chi connectivity index (χ2n) is 6.47. The van der Waals surface area contributed by atoms with Gasteiger partial charge >= 0.3 is 0 Å². The monoisotopic (exact) mass is 249 g/mol. The Morgan fingerprint density at radius 3 is 2.72 bits per heavy atom. The smallest absolute Gasteiger partial charge is 0.105 e. The molecule has 1 fully saturated rings. The van der Waals surface area contributed by atoms with Crippen molar-refractivity contribution in [2.24, 2.45) is 17.1 Å². The summed E-state index contributed by atoms with van der Waals surface area (Å²) in [5.74, 6) is 1.86. The third-order valence-electron chi connectivity index (χ3n) is 5.10. The molecule has 1 heterocycles. The predicted molar refractivity (Wildman–Crippen MR) is 75.4 cm³/mol. The number of aromatic nitrogens is 2. The standard InChI is InChI=1S/C15H27N3/c1-5-15(3,4)12-6-7-13(16)14(10-12)18-9-8-17-11(18)2/h8-9,12-14H,5-7,10,16H2,1-4H3. The van der Waals surface area contributed by atoms with Gasteiger partial charge in [-0.05, 0) is 37.5 Å². The molecule has 102 valence electrons. The largest absolute Gasteiger partial charge is 0.331 e. The predicted octanol–water partition coefficient (Wildman–Crippen LogP) is 3.30. The summed E-state index contributed by atoms with van der Waals surface area (Å²) in [4.78, 5) is 4.34. The molecular formula is C15H27N3. The number of aryl methyl sites for hydroxylation is 1. The minimum Gasteiger partial charge on any atom is -0.331 e. The molecule has 0 bridgehead atoms. The molecule has 1 aromatic heterocycles. The second kappa shape index (κ2) is 5.04. The molecule has 3 nitrogen and oxygen atoms in total. The number of hydrogen-bond donors (Lipinski definition) is 1. The van der Waals surface area contributed by atoms with Crippen molar-refractivity contribution in [1.82, 2.24) is 9.55 Å². The van der Waals surface area contributed by atoms with Crippen LogP contribution in [0.5, 0.6) is 0 Å². The normalized spacial score (nSPS) is 29.5. The van der Waals surface area contributed by atoms with Gasteiger partial charge in [0.05, 0.1) is 6.04 Å².